The zero-order chi connectivity index (χ0) is 21.8. The number of amides is 1. The van der Waals surface area contributed by atoms with Crippen LogP contribution in [0.3, 0.4) is 0 Å². The summed E-state index contributed by atoms with van der Waals surface area (Å²) in [5, 5.41) is 6.73. The summed E-state index contributed by atoms with van der Waals surface area (Å²) in [6.07, 6.45) is 1.72. The summed E-state index contributed by atoms with van der Waals surface area (Å²) in [6, 6.07) is 13.6. The lowest BCUT2D eigenvalue weighted by molar-refractivity contribution is 0.103. The molecule has 4 aromatic rings. The van der Waals surface area contributed by atoms with Gasteiger partial charge < -0.3 is 15.4 Å². The molecule has 1 amide bonds. The van der Waals surface area contributed by atoms with Crippen LogP contribution in [0.1, 0.15) is 20.8 Å². The molecule has 8 heteroatoms. The maximum atomic E-state index is 13.1. The quantitative estimate of drug-likeness (QED) is 0.286. The monoisotopic (exact) mass is 439 g/mol. The van der Waals surface area contributed by atoms with Crippen molar-refractivity contribution in [3.8, 4) is 0 Å². The van der Waals surface area contributed by atoms with Gasteiger partial charge in [0.05, 0.1) is 11.5 Å². The molecule has 0 saturated carbocycles. The van der Waals surface area contributed by atoms with Gasteiger partial charge in [-0.2, -0.15) is 0 Å². The van der Waals surface area contributed by atoms with Crippen LogP contribution in [-0.2, 0) is 11.3 Å². The van der Waals surface area contributed by atoms with E-state index in [1.165, 1.54) is 47.7 Å². The zero-order valence-electron chi connectivity index (χ0n) is 16.6. The third-order valence-electron chi connectivity index (χ3n) is 4.65. The minimum atomic E-state index is -0.358. The summed E-state index contributed by atoms with van der Waals surface area (Å²) in [5.74, 6) is -0.904. The van der Waals surface area contributed by atoms with E-state index >= 15 is 0 Å². The van der Waals surface area contributed by atoms with Crippen molar-refractivity contribution in [1.29, 1.82) is 0 Å². The molecule has 2 N–H and O–H groups in total. The third kappa shape index (κ3) is 5.04. The van der Waals surface area contributed by atoms with Crippen molar-refractivity contribution in [3.63, 3.8) is 0 Å². The number of ether oxygens (including phenoxy) is 1. The number of anilines is 2. The number of fused-ring (bicyclic) bond motifs is 1. The van der Waals surface area contributed by atoms with E-state index in [-0.39, 0.29) is 24.3 Å². The van der Waals surface area contributed by atoms with Gasteiger partial charge in [0, 0.05) is 23.0 Å². The molecule has 0 unspecified atom stereocenters. The molecule has 5 nitrogen and oxygen atoms in total. The molecule has 0 atom stereocenters. The topological polar surface area (TPSA) is 63.2 Å². The predicted octanol–water partition coefficient (Wildman–Crippen LogP) is 5.72. The van der Waals surface area contributed by atoms with Gasteiger partial charge in [-0.3, -0.25) is 4.79 Å². The molecule has 2 heterocycles. The van der Waals surface area contributed by atoms with E-state index in [9.17, 15) is 13.6 Å². The number of pyridine rings is 1. The van der Waals surface area contributed by atoms with Crippen molar-refractivity contribution in [2.75, 3.05) is 17.4 Å². The molecule has 31 heavy (non-hydrogen) atoms. The Morgan fingerprint density at radius 3 is 2.35 bits per heavy atom. The number of aryl methyl sites for hydroxylation is 1. The lowest BCUT2D eigenvalue weighted by atomic mass is 10.1. The summed E-state index contributed by atoms with van der Waals surface area (Å²) in [5.41, 5.74) is 3.00. The Hall–Kier alpha value is -3.36. The van der Waals surface area contributed by atoms with Crippen molar-refractivity contribution in [2.24, 2.45) is 0 Å². The second kappa shape index (κ2) is 9.20. The molecule has 0 saturated heterocycles. The maximum Gasteiger partial charge on any atom is 0.266 e. The number of aromatic nitrogens is 1. The molecule has 0 spiro atoms. The van der Waals surface area contributed by atoms with E-state index in [1.807, 2.05) is 13.0 Å². The summed E-state index contributed by atoms with van der Waals surface area (Å²) in [6.45, 7) is 2.47. The Labute approximate surface area is 181 Å². The molecular formula is C23H19F2N3O2S. The number of halogens is 2. The summed E-state index contributed by atoms with van der Waals surface area (Å²) in [7, 11) is 0. The molecule has 0 bridgehead atoms. The summed E-state index contributed by atoms with van der Waals surface area (Å²) in [4.78, 5) is 18.4. The molecular weight excluding hydrogens is 420 g/mol. The number of carbonyl (C=O) groups excluding carboxylic acids is 1. The van der Waals surface area contributed by atoms with E-state index < -0.39 is 0 Å². The molecule has 0 aliphatic carbocycles. The van der Waals surface area contributed by atoms with Gasteiger partial charge in [0.25, 0.3) is 5.91 Å². The second-order valence-electron chi connectivity index (χ2n) is 6.89. The smallest absolute Gasteiger partial charge is 0.266 e. The van der Waals surface area contributed by atoms with E-state index in [1.54, 1.807) is 18.3 Å². The first-order chi connectivity index (χ1) is 15.0. The fourth-order valence-electron chi connectivity index (χ4n) is 3.03. The molecule has 2 aromatic heterocycles. The molecule has 0 fully saturated rings. The number of carbonyl (C=O) groups is 1. The highest BCUT2D eigenvalue weighted by molar-refractivity contribution is 7.20. The van der Waals surface area contributed by atoms with Crippen LogP contribution in [0, 0.1) is 18.6 Å². The van der Waals surface area contributed by atoms with Gasteiger partial charge in [0.15, 0.2) is 0 Å². The Morgan fingerprint density at radius 2 is 1.68 bits per heavy atom. The Morgan fingerprint density at radius 1 is 1.03 bits per heavy atom. The maximum absolute atomic E-state index is 13.1. The number of hydrogen-bond acceptors (Lipinski definition) is 5. The number of rotatable bonds is 7. The van der Waals surface area contributed by atoms with Crippen LogP contribution < -0.4 is 10.6 Å². The summed E-state index contributed by atoms with van der Waals surface area (Å²) < 4.78 is 31.6. The average Bonchev–Trinajstić information content (AvgIpc) is 3.10. The van der Waals surface area contributed by atoms with Gasteiger partial charge in [-0.25, -0.2) is 13.8 Å². The van der Waals surface area contributed by atoms with Gasteiger partial charge in [-0.1, -0.05) is 0 Å². The van der Waals surface area contributed by atoms with Crippen LogP contribution >= 0.6 is 11.3 Å². The molecule has 4 rings (SSSR count). The van der Waals surface area contributed by atoms with Crippen LogP contribution in [0.4, 0.5) is 20.2 Å². The number of nitrogens with one attached hydrogen (secondary N) is 2. The van der Waals surface area contributed by atoms with Crippen LogP contribution in [0.5, 0.6) is 0 Å². The first-order valence-electron chi connectivity index (χ1n) is 9.52. The number of thiophene rings is 1. The highest BCUT2D eigenvalue weighted by Crippen LogP contribution is 2.30. The van der Waals surface area contributed by atoms with Crippen LogP contribution in [-0.4, -0.2) is 17.6 Å². The first-order valence-corrected chi connectivity index (χ1v) is 10.3. The minimum Gasteiger partial charge on any atom is -0.363 e. The normalized spacial score (nSPS) is 10.9. The molecule has 0 aliphatic heterocycles. The van der Waals surface area contributed by atoms with Crippen molar-refractivity contribution < 1.29 is 18.3 Å². The van der Waals surface area contributed by atoms with E-state index in [0.717, 1.165) is 27.0 Å². The van der Waals surface area contributed by atoms with E-state index in [2.05, 4.69) is 15.6 Å². The third-order valence-corrected chi connectivity index (χ3v) is 5.87. The largest absolute Gasteiger partial charge is 0.363 e. The lowest BCUT2D eigenvalue weighted by Crippen LogP contribution is -2.11. The second-order valence-corrected chi connectivity index (χ2v) is 7.89. The van der Waals surface area contributed by atoms with Crippen LogP contribution in [0.15, 0.2) is 60.8 Å². The van der Waals surface area contributed by atoms with Gasteiger partial charge in [-0.15, -0.1) is 11.3 Å². The van der Waals surface area contributed by atoms with Gasteiger partial charge in [-0.05, 0) is 72.6 Å². The first kappa shape index (κ1) is 20.9. The van der Waals surface area contributed by atoms with Crippen molar-refractivity contribution in [2.45, 2.75) is 13.5 Å². The summed E-state index contributed by atoms with van der Waals surface area (Å²) >= 11 is 1.31. The van der Waals surface area contributed by atoms with Crippen molar-refractivity contribution in [3.05, 3.63) is 88.4 Å². The Kier molecular flexibility index (Phi) is 6.20. The molecule has 2 aromatic carbocycles. The Balaban J connectivity index is 1.40. The highest BCUT2D eigenvalue weighted by atomic mass is 32.1. The molecule has 0 radical (unpaired) electrons. The SMILES string of the molecule is Cc1c(C(=O)Nc2ccc(F)cc2)sc2ncc(COCNc3ccc(F)cc3)cc12. The fraction of sp³-hybridized carbons (Fsp3) is 0.130. The predicted molar refractivity (Wildman–Crippen MR) is 118 cm³/mol. The molecule has 0 aliphatic rings. The van der Waals surface area contributed by atoms with Gasteiger partial charge in [0.2, 0.25) is 0 Å². The molecule has 158 valence electrons. The fourth-order valence-corrected chi connectivity index (χ4v) is 4.06. The van der Waals surface area contributed by atoms with Crippen LogP contribution in [0.2, 0.25) is 0 Å². The minimum absolute atomic E-state index is 0.256. The van der Waals surface area contributed by atoms with E-state index in [0.29, 0.717) is 17.2 Å². The number of hydrogen-bond donors (Lipinski definition) is 2. The number of benzene rings is 2. The van der Waals surface area contributed by atoms with Crippen molar-refractivity contribution in [1.82, 2.24) is 4.98 Å². The average molecular weight is 439 g/mol. The zero-order valence-corrected chi connectivity index (χ0v) is 17.4. The van der Waals surface area contributed by atoms with Gasteiger partial charge >= 0.3 is 0 Å². The van der Waals surface area contributed by atoms with Crippen LogP contribution in [0.25, 0.3) is 10.2 Å². The van der Waals surface area contributed by atoms with Gasteiger partial charge in [0.1, 0.15) is 23.2 Å². The standard InChI is InChI=1S/C23H19F2N3O2S/c1-14-20-10-15(12-30-13-27-18-6-2-16(24)3-7-18)11-26-23(20)31-21(14)22(29)28-19-8-4-17(25)5-9-19/h2-11,27H,12-13H2,1H3,(H,28,29). The highest BCUT2D eigenvalue weighted by Gasteiger charge is 2.17. The number of nitrogens with zero attached hydrogens (tertiary/aromatic N) is 1. The van der Waals surface area contributed by atoms with E-state index in [4.69, 9.17) is 4.74 Å². The van der Waals surface area contributed by atoms with Crippen molar-refractivity contribution >= 4 is 38.8 Å². The lowest BCUT2D eigenvalue weighted by Gasteiger charge is -2.08. The Bertz CT molecular complexity index is 1210.